The Hall–Kier alpha value is -0.810. The van der Waals surface area contributed by atoms with Gasteiger partial charge in [-0.05, 0) is 31.7 Å². The van der Waals surface area contributed by atoms with Gasteiger partial charge in [-0.25, -0.2) is 4.79 Å². The first-order valence-electron chi connectivity index (χ1n) is 7.37. The first kappa shape index (κ1) is 13.2. The van der Waals surface area contributed by atoms with Crippen LogP contribution >= 0.6 is 0 Å². The minimum atomic E-state index is 0.0999. The average molecular weight is 267 g/mol. The number of amides is 2. The van der Waals surface area contributed by atoms with Crippen LogP contribution in [0.5, 0.6) is 0 Å². The van der Waals surface area contributed by atoms with Crippen molar-refractivity contribution in [3.63, 3.8) is 0 Å². The SMILES string of the molecule is CN1CC(CN(C)C(=O)NC2CC23CCOCC3)C1. The fourth-order valence-corrected chi connectivity index (χ4v) is 3.56. The monoisotopic (exact) mass is 267 g/mol. The lowest BCUT2D eigenvalue weighted by molar-refractivity contribution is 0.0542. The van der Waals surface area contributed by atoms with E-state index in [0.717, 1.165) is 52.1 Å². The Morgan fingerprint density at radius 1 is 1.42 bits per heavy atom. The van der Waals surface area contributed by atoms with Crippen molar-refractivity contribution >= 4 is 6.03 Å². The highest BCUT2D eigenvalue weighted by atomic mass is 16.5. The zero-order chi connectivity index (χ0) is 13.5. The second-order valence-electron chi connectivity index (χ2n) is 6.65. The third-order valence-corrected chi connectivity index (χ3v) is 4.99. The van der Waals surface area contributed by atoms with E-state index in [1.165, 1.54) is 0 Å². The molecule has 1 N–H and O–H groups in total. The van der Waals surface area contributed by atoms with Crippen molar-refractivity contribution in [2.75, 3.05) is 46.9 Å². The van der Waals surface area contributed by atoms with Crippen LogP contribution in [-0.2, 0) is 4.74 Å². The minimum Gasteiger partial charge on any atom is -0.381 e. The molecule has 0 aromatic heterocycles. The van der Waals surface area contributed by atoms with E-state index in [-0.39, 0.29) is 6.03 Å². The Morgan fingerprint density at radius 3 is 2.74 bits per heavy atom. The molecule has 0 bridgehead atoms. The molecule has 1 saturated carbocycles. The van der Waals surface area contributed by atoms with E-state index in [0.29, 0.717) is 17.4 Å². The number of likely N-dealkylation sites (tertiary alicyclic amines) is 1. The Bertz CT molecular complexity index is 349. The number of nitrogens with one attached hydrogen (secondary N) is 1. The van der Waals surface area contributed by atoms with E-state index in [1.54, 1.807) is 0 Å². The number of hydrogen-bond donors (Lipinski definition) is 1. The fraction of sp³-hybridized carbons (Fsp3) is 0.929. The van der Waals surface area contributed by atoms with Gasteiger partial charge in [-0.1, -0.05) is 0 Å². The van der Waals surface area contributed by atoms with Gasteiger partial charge in [-0.2, -0.15) is 0 Å². The topological polar surface area (TPSA) is 44.8 Å². The van der Waals surface area contributed by atoms with Gasteiger partial charge in [0.25, 0.3) is 0 Å². The zero-order valence-corrected chi connectivity index (χ0v) is 12.0. The standard InChI is InChI=1S/C14H25N3O2/c1-16-8-11(9-16)10-17(2)13(18)15-12-7-14(12)3-5-19-6-4-14/h11-12H,3-10H2,1-2H3,(H,15,18). The van der Waals surface area contributed by atoms with Gasteiger partial charge < -0.3 is 19.9 Å². The predicted molar refractivity (Wildman–Crippen MR) is 73.0 cm³/mol. The van der Waals surface area contributed by atoms with Gasteiger partial charge in [0.2, 0.25) is 0 Å². The van der Waals surface area contributed by atoms with Gasteiger partial charge in [-0.3, -0.25) is 0 Å². The van der Waals surface area contributed by atoms with Crippen LogP contribution in [0.3, 0.4) is 0 Å². The molecule has 2 amide bonds. The zero-order valence-electron chi connectivity index (χ0n) is 12.0. The molecule has 108 valence electrons. The molecule has 1 atom stereocenters. The number of carbonyl (C=O) groups is 1. The molecule has 1 spiro atoms. The molecule has 1 aliphatic carbocycles. The van der Waals surface area contributed by atoms with E-state index in [9.17, 15) is 4.79 Å². The minimum absolute atomic E-state index is 0.0999. The van der Waals surface area contributed by atoms with Gasteiger partial charge in [0, 0.05) is 51.9 Å². The second-order valence-corrected chi connectivity index (χ2v) is 6.65. The summed E-state index contributed by atoms with van der Waals surface area (Å²) in [6, 6.07) is 0.485. The molecule has 0 aromatic carbocycles. The van der Waals surface area contributed by atoms with E-state index >= 15 is 0 Å². The third kappa shape index (κ3) is 2.72. The molecule has 19 heavy (non-hydrogen) atoms. The third-order valence-electron chi connectivity index (χ3n) is 4.99. The molecule has 2 heterocycles. The molecule has 3 fully saturated rings. The Balaban J connectivity index is 1.41. The van der Waals surface area contributed by atoms with Gasteiger partial charge in [0.15, 0.2) is 0 Å². The van der Waals surface area contributed by atoms with Crippen molar-refractivity contribution in [1.29, 1.82) is 0 Å². The summed E-state index contributed by atoms with van der Waals surface area (Å²) in [4.78, 5) is 16.3. The van der Waals surface area contributed by atoms with Crippen LogP contribution in [0.1, 0.15) is 19.3 Å². The van der Waals surface area contributed by atoms with Gasteiger partial charge in [0.1, 0.15) is 0 Å². The van der Waals surface area contributed by atoms with E-state index in [2.05, 4.69) is 17.3 Å². The van der Waals surface area contributed by atoms with Crippen molar-refractivity contribution in [3.05, 3.63) is 0 Å². The second kappa shape index (κ2) is 4.94. The summed E-state index contributed by atoms with van der Waals surface area (Å²) in [7, 11) is 4.03. The molecule has 2 saturated heterocycles. The van der Waals surface area contributed by atoms with Crippen LogP contribution in [0.2, 0.25) is 0 Å². The number of urea groups is 1. The molecule has 2 aliphatic heterocycles. The first-order valence-corrected chi connectivity index (χ1v) is 7.37. The Kier molecular flexibility index (Phi) is 3.43. The van der Waals surface area contributed by atoms with Crippen LogP contribution in [-0.4, -0.2) is 68.8 Å². The smallest absolute Gasteiger partial charge is 0.317 e. The maximum Gasteiger partial charge on any atom is 0.317 e. The molecular formula is C14H25N3O2. The fourth-order valence-electron chi connectivity index (χ4n) is 3.56. The first-order chi connectivity index (χ1) is 9.09. The largest absolute Gasteiger partial charge is 0.381 e. The van der Waals surface area contributed by atoms with Crippen molar-refractivity contribution in [2.45, 2.75) is 25.3 Å². The van der Waals surface area contributed by atoms with E-state index < -0.39 is 0 Å². The maximum absolute atomic E-state index is 12.1. The van der Waals surface area contributed by atoms with Crippen LogP contribution < -0.4 is 5.32 Å². The summed E-state index contributed by atoms with van der Waals surface area (Å²) in [5, 5.41) is 3.20. The number of hydrogen-bond acceptors (Lipinski definition) is 3. The lowest BCUT2D eigenvalue weighted by Gasteiger charge is -2.38. The summed E-state index contributed by atoms with van der Waals surface area (Å²) in [5.74, 6) is 0.650. The van der Waals surface area contributed by atoms with E-state index in [4.69, 9.17) is 4.74 Å². The van der Waals surface area contributed by atoms with Crippen molar-refractivity contribution in [3.8, 4) is 0 Å². The quantitative estimate of drug-likeness (QED) is 0.821. The van der Waals surface area contributed by atoms with Gasteiger partial charge >= 0.3 is 6.03 Å². The number of rotatable bonds is 3. The summed E-state index contributed by atoms with van der Waals surface area (Å²) >= 11 is 0. The molecular weight excluding hydrogens is 242 g/mol. The van der Waals surface area contributed by atoms with Crippen LogP contribution in [0.25, 0.3) is 0 Å². The highest BCUT2D eigenvalue weighted by Crippen LogP contribution is 2.53. The van der Waals surface area contributed by atoms with Crippen molar-refractivity contribution < 1.29 is 9.53 Å². The number of carbonyl (C=O) groups excluding carboxylic acids is 1. The van der Waals surface area contributed by atoms with E-state index in [1.807, 2.05) is 11.9 Å². The lowest BCUT2D eigenvalue weighted by atomic mass is 9.96. The van der Waals surface area contributed by atoms with Crippen molar-refractivity contribution in [2.24, 2.45) is 11.3 Å². The maximum atomic E-state index is 12.1. The molecule has 5 heteroatoms. The highest BCUT2D eigenvalue weighted by molar-refractivity contribution is 5.74. The lowest BCUT2D eigenvalue weighted by Crippen LogP contribution is -2.51. The van der Waals surface area contributed by atoms with Crippen LogP contribution in [0, 0.1) is 11.3 Å². The van der Waals surface area contributed by atoms with Crippen LogP contribution in [0.15, 0.2) is 0 Å². The number of nitrogens with zero attached hydrogens (tertiary/aromatic N) is 2. The Morgan fingerprint density at radius 2 is 2.11 bits per heavy atom. The summed E-state index contributed by atoms with van der Waals surface area (Å²) in [5.41, 5.74) is 0.367. The predicted octanol–water partition coefficient (Wildman–Crippen LogP) is 0.759. The number of ether oxygens (including phenoxy) is 1. The summed E-state index contributed by atoms with van der Waals surface area (Å²) < 4.78 is 5.40. The van der Waals surface area contributed by atoms with Gasteiger partial charge in [0.05, 0.1) is 0 Å². The highest BCUT2D eigenvalue weighted by Gasteiger charge is 2.55. The van der Waals surface area contributed by atoms with Crippen molar-refractivity contribution in [1.82, 2.24) is 15.1 Å². The molecule has 1 unspecified atom stereocenters. The molecule has 0 aromatic rings. The average Bonchev–Trinajstić information content (AvgIpc) is 2.99. The van der Waals surface area contributed by atoms with Crippen LogP contribution in [0.4, 0.5) is 4.79 Å². The molecule has 3 rings (SSSR count). The molecule has 3 aliphatic rings. The normalized spacial score (nSPS) is 29.9. The molecule has 5 nitrogen and oxygen atoms in total. The molecule has 0 radical (unpaired) electrons. The summed E-state index contributed by atoms with van der Waals surface area (Å²) in [6.45, 7) is 4.82. The summed E-state index contributed by atoms with van der Waals surface area (Å²) in [6.07, 6.45) is 3.35. The Labute approximate surface area is 115 Å². The van der Waals surface area contributed by atoms with Gasteiger partial charge in [-0.15, -0.1) is 0 Å².